The van der Waals surface area contributed by atoms with Crippen molar-refractivity contribution in [3.8, 4) is 0 Å². The van der Waals surface area contributed by atoms with Crippen LogP contribution in [0.4, 0.5) is 0 Å². The molecule has 1 aliphatic rings. The monoisotopic (exact) mass is 376 g/mol. The molecule has 1 aromatic carbocycles. The van der Waals surface area contributed by atoms with Crippen molar-refractivity contribution in [2.45, 2.75) is 18.2 Å². The Morgan fingerprint density at radius 3 is 2.71 bits per heavy atom. The number of hydrogen-bond donors (Lipinski definition) is 2. The Morgan fingerprint density at radius 1 is 1.33 bits per heavy atom. The average Bonchev–Trinajstić information content (AvgIpc) is 2.70. The Kier molecular flexibility index (Phi) is 5.03. The van der Waals surface area contributed by atoms with Crippen molar-refractivity contribution in [1.29, 1.82) is 0 Å². The Hall–Kier alpha value is -0.960. The normalized spacial score (nSPS) is 17.4. The fourth-order valence-electron chi connectivity index (χ4n) is 2.25. The molecule has 2 rings (SSSR count). The van der Waals surface area contributed by atoms with Gasteiger partial charge in [0.15, 0.2) is 0 Å². The van der Waals surface area contributed by atoms with Crippen molar-refractivity contribution >= 4 is 31.9 Å². The van der Waals surface area contributed by atoms with E-state index in [1.165, 1.54) is 16.4 Å². The summed E-state index contributed by atoms with van der Waals surface area (Å²) in [6.07, 6.45) is 0.731. The van der Waals surface area contributed by atoms with Crippen molar-refractivity contribution in [2.75, 3.05) is 26.2 Å². The Labute approximate surface area is 132 Å². The summed E-state index contributed by atoms with van der Waals surface area (Å²) in [5.41, 5.74) is 0.559. The second kappa shape index (κ2) is 6.43. The van der Waals surface area contributed by atoms with Crippen molar-refractivity contribution in [2.24, 2.45) is 0 Å². The summed E-state index contributed by atoms with van der Waals surface area (Å²) in [6, 6.07) is 2.67. The topological polar surface area (TPSA) is 86.7 Å². The first kappa shape index (κ1) is 16.4. The van der Waals surface area contributed by atoms with Crippen molar-refractivity contribution in [3.05, 3.63) is 27.7 Å². The number of sulfonamides is 1. The zero-order chi connectivity index (χ0) is 15.6. The number of carbonyl (C=O) groups is 1. The van der Waals surface area contributed by atoms with Crippen LogP contribution >= 0.6 is 15.9 Å². The van der Waals surface area contributed by atoms with Gasteiger partial charge in [-0.05, 0) is 53.5 Å². The van der Waals surface area contributed by atoms with Crippen LogP contribution in [0.1, 0.15) is 22.3 Å². The molecule has 8 heteroatoms. The molecular weight excluding hydrogens is 360 g/mol. The molecule has 0 radical (unpaired) electrons. The van der Waals surface area contributed by atoms with Gasteiger partial charge in [0.1, 0.15) is 0 Å². The van der Waals surface area contributed by atoms with Crippen LogP contribution in [0.15, 0.2) is 21.5 Å². The minimum atomic E-state index is -3.71. The van der Waals surface area contributed by atoms with E-state index in [1.54, 1.807) is 6.92 Å². The highest BCUT2D eigenvalue weighted by atomic mass is 79.9. The summed E-state index contributed by atoms with van der Waals surface area (Å²) in [4.78, 5) is 11.2. The van der Waals surface area contributed by atoms with Gasteiger partial charge >= 0.3 is 5.97 Å². The van der Waals surface area contributed by atoms with Gasteiger partial charge in [-0.15, -0.1) is 0 Å². The van der Waals surface area contributed by atoms with E-state index in [-0.39, 0.29) is 10.5 Å². The van der Waals surface area contributed by atoms with Crippen LogP contribution in [-0.4, -0.2) is 50.0 Å². The molecule has 0 aromatic heterocycles. The predicted octanol–water partition coefficient (Wildman–Crippen LogP) is 1.44. The number of nitrogens with one attached hydrogen (secondary N) is 1. The number of nitrogens with zero attached hydrogens (tertiary/aromatic N) is 1. The first-order valence-electron chi connectivity index (χ1n) is 6.58. The van der Waals surface area contributed by atoms with Gasteiger partial charge in [0.25, 0.3) is 0 Å². The van der Waals surface area contributed by atoms with Gasteiger partial charge in [-0.25, -0.2) is 13.2 Å². The summed E-state index contributed by atoms with van der Waals surface area (Å²) in [6.45, 7) is 3.86. The van der Waals surface area contributed by atoms with Crippen LogP contribution in [-0.2, 0) is 10.0 Å². The van der Waals surface area contributed by atoms with Crippen LogP contribution in [0.5, 0.6) is 0 Å². The highest BCUT2D eigenvalue weighted by molar-refractivity contribution is 9.10. The number of carboxylic acid groups (broad SMARTS) is 1. The molecule has 0 unspecified atom stereocenters. The third kappa shape index (κ3) is 3.45. The lowest BCUT2D eigenvalue weighted by molar-refractivity contribution is 0.0696. The molecule has 0 saturated carbocycles. The molecule has 1 heterocycles. The van der Waals surface area contributed by atoms with Gasteiger partial charge in [0.05, 0.1) is 10.5 Å². The lowest BCUT2D eigenvalue weighted by Gasteiger charge is -2.21. The van der Waals surface area contributed by atoms with Crippen LogP contribution in [0, 0.1) is 6.92 Å². The molecule has 0 aliphatic carbocycles. The number of halogens is 1. The smallest absolute Gasteiger partial charge is 0.335 e. The Morgan fingerprint density at radius 2 is 2.05 bits per heavy atom. The lowest BCUT2D eigenvalue weighted by Crippen LogP contribution is -2.34. The number of hydrogen-bond acceptors (Lipinski definition) is 4. The number of benzene rings is 1. The number of aromatic carboxylic acids is 1. The van der Waals surface area contributed by atoms with Crippen LogP contribution in [0.3, 0.4) is 0 Å². The second-order valence-corrected chi connectivity index (χ2v) is 7.62. The minimum absolute atomic E-state index is 0.0156. The van der Waals surface area contributed by atoms with Crippen LogP contribution < -0.4 is 5.32 Å². The van der Waals surface area contributed by atoms with Crippen LogP contribution in [0.25, 0.3) is 0 Å². The SMILES string of the molecule is Cc1cc(C(=O)O)cc(S(=O)(=O)N2CCCNCC2)c1Br. The molecule has 1 fully saturated rings. The van der Waals surface area contributed by atoms with E-state index in [0.29, 0.717) is 29.7 Å². The van der Waals surface area contributed by atoms with E-state index in [0.717, 1.165) is 13.0 Å². The molecule has 1 aliphatic heterocycles. The van der Waals surface area contributed by atoms with Crippen molar-refractivity contribution in [3.63, 3.8) is 0 Å². The van der Waals surface area contributed by atoms with Crippen molar-refractivity contribution < 1.29 is 18.3 Å². The summed E-state index contributed by atoms with van der Waals surface area (Å²) in [5, 5.41) is 12.3. The van der Waals surface area contributed by atoms with Crippen LogP contribution in [0.2, 0.25) is 0 Å². The van der Waals surface area contributed by atoms with Gasteiger partial charge in [-0.3, -0.25) is 0 Å². The Balaban J connectivity index is 2.50. The number of aryl methyl sites for hydroxylation is 1. The molecule has 6 nitrogen and oxygen atoms in total. The summed E-state index contributed by atoms with van der Waals surface area (Å²) < 4.78 is 27.3. The van der Waals surface area contributed by atoms with Gasteiger partial charge in [-0.1, -0.05) is 0 Å². The standard InChI is InChI=1S/C13H17BrN2O4S/c1-9-7-10(13(17)18)8-11(12(9)14)21(19,20)16-5-2-3-15-4-6-16/h7-8,15H,2-6H2,1H3,(H,17,18). The number of carboxylic acids is 1. The van der Waals surface area contributed by atoms with E-state index in [4.69, 9.17) is 5.11 Å². The maximum Gasteiger partial charge on any atom is 0.335 e. The van der Waals surface area contributed by atoms with Gasteiger partial charge < -0.3 is 10.4 Å². The minimum Gasteiger partial charge on any atom is -0.478 e. The third-order valence-electron chi connectivity index (χ3n) is 3.38. The fraction of sp³-hybridized carbons (Fsp3) is 0.462. The molecule has 1 saturated heterocycles. The molecular formula is C13H17BrN2O4S. The maximum absolute atomic E-state index is 12.8. The molecule has 116 valence electrons. The van der Waals surface area contributed by atoms with E-state index in [9.17, 15) is 13.2 Å². The highest BCUT2D eigenvalue weighted by Gasteiger charge is 2.28. The fourth-order valence-corrected chi connectivity index (χ4v) is 4.73. The van der Waals surface area contributed by atoms with Crippen molar-refractivity contribution in [1.82, 2.24) is 9.62 Å². The molecule has 0 amide bonds. The highest BCUT2D eigenvalue weighted by Crippen LogP contribution is 2.30. The number of rotatable bonds is 3. The average molecular weight is 377 g/mol. The zero-order valence-electron chi connectivity index (χ0n) is 11.6. The molecule has 0 atom stereocenters. The molecule has 0 spiro atoms. The third-order valence-corrected chi connectivity index (χ3v) is 6.62. The molecule has 0 bridgehead atoms. The Bertz CT molecular complexity index is 652. The quantitative estimate of drug-likeness (QED) is 0.833. The van der Waals surface area contributed by atoms with Gasteiger partial charge in [0, 0.05) is 24.1 Å². The molecule has 21 heavy (non-hydrogen) atoms. The van der Waals surface area contributed by atoms with E-state index >= 15 is 0 Å². The first-order chi connectivity index (χ1) is 9.84. The van der Waals surface area contributed by atoms with Gasteiger partial charge in [0.2, 0.25) is 10.0 Å². The van der Waals surface area contributed by atoms with E-state index in [2.05, 4.69) is 21.2 Å². The van der Waals surface area contributed by atoms with E-state index < -0.39 is 16.0 Å². The summed E-state index contributed by atoms with van der Waals surface area (Å²) in [5.74, 6) is -1.14. The summed E-state index contributed by atoms with van der Waals surface area (Å²) in [7, 11) is -3.71. The maximum atomic E-state index is 12.8. The molecule has 2 N–H and O–H groups in total. The second-order valence-electron chi connectivity index (χ2n) is 4.92. The molecule has 1 aromatic rings. The summed E-state index contributed by atoms with van der Waals surface area (Å²) >= 11 is 3.27. The zero-order valence-corrected chi connectivity index (χ0v) is 14.0. The predicted molar refractivity (Wildman–Crippen MR) is 82.1 cm³/mol. The van der Waals surface area contributed by atoms with Gasteiger partial charge in [-0.2, -0.15) is 4.31 Å². The van der Waals surface area contributed by atoms with E-state index in [1.807, 2.05) is 0 Å². The lowest BCUT2D eigenvalue weighted by atomic mass is 10.1. The largest absolute Gasteiger partial charge is 0.478 e. The first-order valence-corrected chi connectivity index (χ1v) is 8.81.